The first kappa shape index (κ1) is 11.2. The molecule has 0 N–H and O–H groups in total. The van der Waals surface area contributed by atoms with E-state index < -0.39 is 0 Å². The molecule has 0 unspecified atom stereocenters. The first-order valence-electron chi connectivity index (χ1n) is 5.87. The summed E-state index contributed by atoms with van der Waals surface area (Å²) < 4.78 is 6.13. The molecule has 0 fully saturated rings. The van der Waals surface area contributed by atoms with E-state index >= 15 is 0 Å². The van der Waals surface area contributed by atoms with Crippen LogP contribution in [0.5, 0.6) is 0 Å². The normalized spacial score (nSPS) is 10.9. The molecular formula is C15H12O2S. The van der Waals surface area contributed by atoms with Crippen LogP contribution >= 0.6 is 11.3 Å². The molecule has 2 aromatic carbocycles. The highest BCUT2D eigenvalue weighted by Crippen LogP contribution is 2.32. The molecule has 0 aliphatic rings. The minimum Gasteiger partial charge on any atom is -0.462 e. The fraction of sp³-hybridized carbons (Fsp3) is 0.133. The standard InChI is InChI=1S/C15H12O2S/c1-2-17-15(16)13-9-10-5-3-4-6-11(10)12-7-8-18-14(12)13/h3-9H,2H2,1H3. The number of ether oxygens (including phenoxy) is 1. The quantitative estimate of drug-likeness (QED) is 0.641. The van der Waals surface area contributed by atoms with Crippen LogP contribution < -0.4 is 0 Å². The monoisotopic (exact) mass is 256 g/mol. The number of hydrogen-bond acceptors (Lipinski definition) is 3. The lowest BCUT2D eigenvalue weighted by atomic mass is 10.0. The molecule has 90 valence electrons. The number of carbonyl (C=O) groups is 1. The van der Waals surface area contributed by atoms with E-state index in [0.29, 0.717) is 12.2 Å². The van der Waals surface area contributed by atoms with Crippen molar-refractivity contribution in [3.63, 3.8) is 0 Å². The van der Waals surface area contributed by atoms with Gasteiger partial charge in [-0.2, -0.15) is 0 Å². The highest BCUT2D eigenvalue weighted by atomic mass is 32.1. The van der Waals surface area contributed by atoms with Crippen molar-refractivity contribution < 1.29 is 9.53 Å². The summed E-state index contributed by atoms with van der Waals surface area (Å²) in [6, 6.07) is 12.1. The average Bonchev–Trinajstić information content (AvgIpc) is 2.87. The number of benzene rings is 2. The van der Waals surface area contributed by atoms with Crippen LogP contribution in [0.1, 0.15) is 17.3 Å². The number of fused-ring (bicyclic) bond motifs is 3. The zero-order valence-corrected chi connectivity index (χ0v) is 10.8. The SMILES string of the molecule is CCOC(=O)c1cc2ccccc2c2ccsc12. The minimum atomic E-state index is -0.240. The van der Waals surface area contributed by atoms with Crippen molar-refractivity contribution in [2.24, 2.45) is 0 Å². The van der Waals surface area contributed by atoms with E-state index in [2.05, 4.69) is 12.1 Å². The molecule has 1 heterocycles. The van der Waals surface area contributed by atoms with Crippen LogP contribution in [0.3, 0.4) is 0 Å². The van der Waals surface area contributed by atoms with Gasteiger partial charge in [-0.1, -0.05) is 24.3 Å². The Bertz CT molecular complexity index is 728. The van der Waals surface area contributed by atoms with E-state index in [9.17, 15) is 4.79 Å². The Hall–Kier alpha value is -1.87. The van der Waals surface area contributed by atoms with Crippen molar-refractivity contribution in [2.45, 2.75) is 6.92 Å². The average molecular weight is 256 g/mol. The summed E-state index contributed by atoms with van der Waals surface area (Å²) in [5, 5.41) is 5.40. The first-order chi connectivity index (χ1) is 8.81. The smallest absolute Gasteiger partial charge is 0.339 e. The van der Waals surface area contributed by atoms with Gasteiger partial charge in [-0.3, -0.25) is 0 Å². The van der Waals surface area contributed by atoms with E-state index in [1.165, 1.54) is 5.39 Å². The van der Waals surface area contributed by atoms with Gasteiger partial charge in [-0.05, 0) is 35.2 Å². The lowest BCUT2D eigenvalue weighted by molar-refractivity contribution is 0.0529. The zero-order chi connectivity index (χ0) is 12.5. The van der Waals surface area contributed by atoms with Crippen LogP contribution in [0.4, 0.5) is 0 Å². The van der Waals surface area contributed by atoms with Gasteiger partial charge in [-0.25, -0.2) is 4.79 Å². The Balaban J connectivity index is 2.35. The maximum absolute atomic E-state index is 12.0. The fourth-order valence-electron chi connectivity index (χ4n) is 2.18. The van der Waals surface area contributed by atoms with Crippen LogP contribution in [0.25, 0.3) is 20.9 Å². The van der Waals surface area contributed by atoms with Gasteiger partial charge in [0.1, 0.15) is 0 Å². The van der Waals surface area contributed by atoms with Gasteiger partial charge in [0.05, 0.1) is 12.2 Å². The number of thiophene rings is 1. The van der Waals surface area contributed by atoms with Crippen molar-refractivity contribution in [2.75, 3.05) is 6.61 Å². The van der Waals surface area contributed by atoms with Crippen molar-refractivity contribution >= 4 is 38.2 Å². The Morgan fingerprint density at radius 3 is 2.89 bits per heavy atom. The second-order valence-electron chi connectivity index (χ2n) is 4.03. The Morgan fingerprint density at radius 1 is 1.22 bits per heavy atom. The third kappa shape index (κ3) is 1.68. The lowest BCUT2D eigenvalue weighted by Gasteiger charge is -2.06. The molecule has 0 aliphatic heterocycles. The molecule has 3 rings (SSSR count). The van der Waals surface area contributed by atoms with Crippen LogP contribution in [0, 0.1) is 0 Å². The highest BCUT2D eigenvalue weighted by molar-refractivity contribution is 7.17. The summed E-state index contributed by atoms with van der Waals surface area (Å²) in [5.41, 5.74) is 0.667. The molecule has 0 radical (unpaired) electrons. The molecule has 0 saturated heterocycles. The molecular weight excluding hydrogens is 244 g/mol. The van der Waals surface area contributed by atoms with Crippen molar-refractivity contribution in [3.05, 3.63) is 47.3 Å². The molecule has 3 heteroatoms. The number of hydrogen-bond donors (Lipinski definition) is 0. The van der Waals surface area contributed by atoms with E-state index in [1.807, 2.05) is 36.6 Å². The topological polar surface area (TPSA) is 26.3 Å². The van der Waals surface area contributed by atoms with Gasteiger partial charge in [0.25, 0.3) is 0 Å². The van der Waals surface area contributed by atoms with Gasteiger partial charge in [0, 0.05) is 10.1 Å². The zero-order valence-electron chi connectivity index (χ0n) is 9.97. The summed E-state index contributed by atoms with van der Waals surface area (Å²) in [7, 11) is 0. The molecule has 0 saturated carbocycles. The summed E-state index contributed by atoms with van der Waals surface area (Å²) in [6.07, 6.45) is 0. The van der Waals surface area contributed by atoms with Gasteiger partial charge < -0.3 is 4.74 Å². The van der Waals surface area contributed by atoms with Crippen LogP contribution in [-0.2, 0) is 4.74 Å². The Morgan fingerprint density at radius 2 is 2.06 bits per heavy atom. The Labute approximate surface area is 109 Å². The number of rotatable bonds is 2. The largest absolute Gasteiger partial charge is 0.462 e. The third-order valence-corrected chi connectivity index (χ3v) is 3.90. The Kier molecular flexibility index (Phi) is 2.76. The highest BCUT2D eigenvalue weighted by Gasteiger charge is 2.14. The maximum Gasteiger partial charge on any atom is 0.339 e. The predicted molar refractivity (Wildman–Crippen MR) is 75.3 cm³/mol. The first-order valence-corrected chi connectivity index (χ1v) is 6.75. The molecule has 0 amide bonds. The van der Waals surface area contributed by atoms with Crippen molar-refractivity contribution in [1.29, 1.82) is 0 Å². The molecule has 1 aromatic heterocycles. The molecule has 3 aromatic rings. The second kappa shape index (κ2) is 4.42. The minimum absolute atomic E-state index is 0.240. The molecule has 0 spiro atoms. The fourth-order valence-corrected chi connectivity index (χ4v) is 3.09. The van der Waals surface area contributed by atoms with Crippen LogP contribution in [-0.4, -0.2) is 12.6 Å². The van der Waals surface area contributed by atoms with E-state index in [4.69, 9.17) is 4.74 Å². The van der Waals surface area contributed by atoms with Crippen molar-refractivity contribution in [1.82, 2.24) is 0 Å². The number of esters is 1. The summed E-state index contributed by atoms with van der Waals surface area (Å²) in [4.78, 5) is 12.0. The summed E-state index contributed by atoms with van der Waals surface area (Å²) in [6.45, 7) is 2.23. The summed E-state index contributed by atoms with van der Waals surface area (Å²) >= 11 is 1.58. The molecule has 0 atom stereocenters. The summed E-state index contributed by atoms with van der Waals surface area (Å²) in [5.74, 6) is -0.240. The van der Waals surface area contributed by atoms with Crippen LogP contribution in [0.2, 0.25) is 0 Å². The van der Waals surface area contributed by atoms with Gasteiger partial charge in [-0.15, -0.1) is 11.3 Å². The number of carbonyl (C=O) groups excluding carboxylic acids is 1. The van der Waals surface area contributed by atoms with E-state index in [1.54, 1.807) is 11.3 Å². The lowest BCUT2D eigenvalue weighted by Crippen LogP contribution is -2.04. The molecule has 0 aliphatic carbocycles. The molecule has 0 bridgehead atoms. The molecule has 2 nitrogen and oxygen atoms in total. The van der Waals surface area contributed by atoms with Gasteiger partial charge >= 0.3 is 5.97 Å². The van der Waals surface area contributed by atoms with Gasteiger partial charge in [0.2, 0.25) is 0 Å². The predicted octanol–water partition coefficient (Wildman–Crippen LogP) is 4.23. The third-order valence-electron chi connectivity index (χ3n) is 2.96. The van der Waals surface area contributed by atoms with Crippen LogP contribution in [0.15, 0.2) is 41.8 Å². The molecule has 18 heavy (non-hydrogen) atoms. The second-order valence-corrected chi connectivity index (χ2v) is 4.95. The van der Waals surface area contributed by atoms with Gasteiger partial charge in [0.15, 0.2) is 0 Å². The maximum atomic E-state index is 12.0. The van der Waals surface area contributed by atoms with E-state index in [-0.39, 0.29) is 5.97 Å². The van der Waals surface area contributed by atoms with E-state index in [0.717, 1.165) is 15.5 Å². The van der Waals surface area contributed by atoms with Crippen molar-refractivity contribution in [3.8, 4) is 0 Å².